The largest absolute Gasteiger partial charge is 0.477 e. The molecule has 0 aliphatic carbocycles. The summed E-state index contributed by atoms with van der Waals surface area (Å²) in [7, 11) is 0. The fraction of sp³-hybridized carbons (Fsp3) is 0.556. The molecule has 1 heterocycles. The minimum atomic E-state index is -1.10. The number of hydrogen-bond acceptors (Lipinski definition) is 4. The van der Waals surface area contributed by atoms with Crippen molar-refractivity contribution in [2.75, 3.05) is 6.54 Å². The van der Waals surface area contributed by atoms with E-state index in [0.29, 0.717) is 0 Å². The summed E-state index contributed by atoms with van der Waals surface area (Å²) in [5, 5.41) is 9.74. The van der Waals surface area contributed by atoms with Crippen LogP contribution in [0.2, 0.25) is 0 Å². The molecule has 0 bridgehead atoms. The van der Waals surface area contributed by atoms with Gasteiger partial charge in [-0.25, -0.2) is 14.6 Å². The monoisotopic (exact) mass is 214 g/mol. The summed E-state index contributed by atoms with van der Waals surface area (Å²) < 4.78 is 5.05. The van der Waals surface area contributed by atoms with Gasteiger partial charge in [0.05, 0.1) is 6.54 Å². The second-order valence-corrected chi connectivity index (χ2v) is 4.13. The molecule has 0 atom stereocenters. The average Bonchev–Trinajstić information content (AvgIpc) is 2.47. The van der Waals surface area contributed by atoms with Crippen molar-refractivity contribution in [1.82, 2.24) is 10.4 Å². The highest BCUT2D eigenvalue weighted by atomic mass is 16.6. The van der Waals surface area contributed by atoms with Crippen LogP contribution in [0.25, 0.3) is 0 Å². The van der Waals surface area contributed by atoms with E-state index in [4.69, 9.17) is 9.84 Å². The van der Waals surface area contributed by atoms with Crippen LogP contribution in [-0.2, 0) is 9.53 Å². The van der Waals surface area contributed by atoms with Gasteiger partial charge in [0.25, 0.3) is 0 Å². The molecule has 2 N–H and O–H groups in total. The smallest absolute Gasteiger partial charge is 0.429 e. The molecule has 6 nitrogen and oxygen atoms in total. The molecule has 0 radical (unpaired) electrons. The average molecular weight is 214 g/mol. The van der Waals surface area contributed by atoms with Crippen LogP contribution in [0.5, 0.6) is 0 Å². The summed E-state index contributed by atoms with van der Waals surface area (Å²) in [5.41, 5.74) is 1.83. The van der Waals surface area contributed by atoms with Crippen molar-refractivity contribution < 1.29 is 19.4 Å². The molecule has 0 aromatic heterocycles. The van der Waals surface area contributed by atoms with Crippen LogP contribution < -0.4 is 5.43 Å². The summed E-state index contributed by atoms with van der Waals surface area (Å²) in [6, 6.07) is 0. The van der Waals surface area contributed by atoms with Crippen molar-refractivity contribution in [3.63, 3.8) is 0 Å². The third-order valence-corrected chi connectivity index (χ3v) is 1.58. The van der Waals surface area contributed by atoms with Crippen LogP contribution in [-0.4, -0.2) is 34.3 Å². The molecular formula is C9H14N2O4. The normalized spacial score (nSPS) is 15.7. The van der Waals surface area contributed by atoms with Crippen molar-refractivity contribution in [1.29, 1.82) is 0 Å². The zero-order valence-electron chi connectivity index (χ0n) is 8.90. The number of carboxylic acid groups (broad SMARTS) is 1. The Labute approximate surface area is 87.5 Å². The van der Waals surface area contributed by atoms with Gasteiger partial charge in [0.1, 0.15) is 11.3 Å². The minimum absolute atomic E-state index is 0.0131. The Morgan fingerprint density at radius 3 is 2.53 bits per heavy atom. The van der Waals surface area contributed by atoms with E-state index in [2.05, 4.69) is 5.43 Å². The molecule has 0 fully saturated rings. The number of carbonyl (C=O) groups excluding carboxylic acids is 1. The van der Waals surface area contributed by atoms with Gasteiger partial charge >= 0.3 is 12.1 Å². The predicted octanol–water partition coefficient (Wildman–Crippen LogP) is 0.710. The molecule has 84 valence electrons. The van der Waals surface area contributed by atoms with Gasteiger partial charge in [-0.3, -0.25) is 5.43 Å². The standard InChI is InChI=1S/C9H14N2O4/c1-9(2,3)15-8(14)11-5-4-6(10-11)7(12)13/h4,10H,5H2,1-3H3,(H,12,13). The highest BCUT2D eigenvalue weighted by Crippen LogP contribution is 2.11. The van der Waals surface area contributed by atoms with E-state index in [1.165, 1.54) is 6.08 Å². The van der Waals surface area contributed by atoms with Gasteiger partial charge in [0.2, 0.25) is 0 Å². The topological polar surface area (TPSA) is 78.9 Å². The number of aliphatic carboxylic acids is 1. The molecule has 0 saturated carbocycles. The van der Waals surface area contributed by atoms with Gasteiger partial charge in [0, 0.05) is 0 Å². The number of nitrogens with zero attached hydrogens (tertiary/aromatic N) is 1. The van der Waals surface area contributed by atoms with E-state index in [9.17, 15) is 9.59 Å². The number of hydrazine groups is 1. The zero-order chi connectivity index (χ0) is 11.6. The predicted molar refractivity (Wildman–Crippen MR) is 51.8 cm³/mol. The maximum atomic E-state index is 11.4. The summed E-state index contributed by atoms with van der Waals surface area (Å²) in [5.74, 6) is -1.10. The van der Waals surface area contributed by atoms with Gasteiger partial charge in [-0.15, -0.1) is 0 Å². The maximum absolute atomic E-state index is 11.4. The molecule has 0 spiro atoms. The summed E-state index contributed by atoms with van der Waals surface area (Å²) >= 11 is 0. The van der Waals surface area contributed by atoms with Gasteiger partial charge in [0.15, 0.2) is 0 Å². The fourth-order valence-corrected chi connectivity index (χ4v) is 0.992. The number of ether oxygens (including phenoxy) is 1. The zero-order valence-corrected chi connectivity index (χ0v) is 8.90. The lowest BCUT2D eigenvalue weighted by molar-refractivity contribution is -0.133. The second kappa shape index (κ2) is 3.80. The van der Waals surface area contributed by atoms with Crippen LogP contribution in [0.3, 0.4) is 0 Å². The van der Waals surface area contributed by atoms with Crippen molar-refractivity contribution in [3.05, 3.63) is 11.8 Å². The number of nitrogens with one attached hydrogen (secondary N) is 1. The molecular weight excluding hydrogens is 200 g/mol. The molecule has 1 aliphatic rings. The molecule has 0 aromatic carbocycles. The van der Waals surface area contributed by atoms with E-state index in [-0.39, 0.29) is 12.2 Å². The molecule has 1 rings (SSSR count). The van der Waals surface area contributed by atoms with Crippen molar-refractivity contribution in [2.24, 2.45) is 0 Å². The Morgan fingerprint density at radius 1 is 1.53 bits per heavy atom. The Bertz CT molecular complexity index is 317. The van der Waals surface area contributed by atoms with Gasteiger partial charge in [-0.05, 0) is 26.8 Å². The van der Waals surface area contributed by atoms with Crippen LogP contribution in [0.1, 0.15) is 20.8 Å². The van der Waals surface area contributed by atoms with Crippen LogP contribution in [0.4, 0.5) is 4.79 Å². The van der Waals surface area contributed by atoms with Crippen molar-refractivity contribution >= 4 is 12.1 Å². The first-order chi connectivity index (χ1) is 6.79. The highest BCUT2D eigenvalue weighted by Gasteiger charge is 2.26. The minimum Gasteiger partial charge on any atom is -0.477 e. The molecule has 6 heteroatoms. The van der Waals surface area contributed by atoms with Gasteiger partial charge in [-0.1, -0.05) is 0 Å². The first-order valence-corrected chi connectivity index (χ1v) is 4.50. The van der Waals surface area contributed by atoms with Gasteiger partial charge in [-0.2, -0.15) is 0 Å². The van der Waals surface area contributed by atoms with E-state index >= 15 is 0 Å². The summed E-state index contributed by atoms with van der Waals surface area (Å²) in [6.45, 7) is 5.42. The third kappa shape index (κ3) is 3.16. The van der Waals surface area contributed by atoms with Crippen LogP contribution in [0.15, 0.2) is 11.8 Å². The SMILES string of the molecule is CC(C)(C)OC(=O)N1CC=C(C(=O)O)N1. The van der Waals surface area contributed by atoms with Crippen LogP contribution in [0, 0.1) is 0 Å². The lowest BCUT2D eigenvalue weighted by Crippen LogP contribution is -2.42. The molecule has 0 saturated heterocycles. The Balaban J connectivity index is 2.50. The van der Waals surface area contributed by atoms with Crippen molar-refractivity contribution in [2.45, 2.75) is 26.4 Å². The van der Waals surface area contributed by atoms with E-state index in [0.717, 1.165) is 5.01 Å². The number of carbonyl (C=O) groups is 2. The van der Waals surface area contributed by atoms with E-state index in [1.54, 1.807) is 20.8 Å². The third-order valence-electron chi connectivity index (χ3n) is 1.58. The number of carboxylic acids is 1. The summed E-state index contributed by atoms with van der Waals surface area (Å²) in [6.07, 6.45) is 0.821. The molecule has 0 unspecified atom stereocenters. The first-order valence-electron chi connectivity index (χ1n) is 4.50. The lowest BCUT2D eigenvalue weighted by Gasteiger charge is -2.24. The highest BCUT2D eigenvalue weighted by molar-refractivity contribution is 5.87. The van der Waals surface area contributed by atoms with Gasteiger partial charge < -0.3 is 9.84 Å². The number of amides is 1. The summed E-state index contributed by atoms with van der Waals surface area (Å²) in [4.78, 5) is 22.0. The lowest BCUT2D eigenvalue weighted by atomic mass is 10.2. The number of hydrogen-bond donors (Lipinski definition) is 2. The number of rotatable bonds is 1. The molecule has 0 aromatic rings. The molecule has 1 aliphatic heterocycles. The van der Waals surface area contributed by atoms with Crippen LogP contribution >= 0.6 is 0 Å². The second-order valence-electron chi connectivity index (χ2n) is 4.13. The molecule has 1 amide bonds. The maximum Gasteiger partial charge on any atom is 0.429 e. The fourth-order valence-electron chi connectivity index (χ4n) is 0.992. The Hall–Kier alpha value is -1.72. The Kier molecular flexibility index (Phi) is 2.88. The van der Waals surface area contributed by atoms with E-state index in [1.807, 2.05) is 0 Å². The van der Waals surface area contributed by atoms with Crippen molar-refractivity contribution in [3.8, 4) is 0 Å². The quantitative estimate of drug-likeness (QED) is 0.672. The Morgan fingerprint density at radius 2 is 2.13 bits per heavy atom. The first kappa shape index (κ1) is 11.4. The molecule has 15 heavy (non-hydrogen) atoms. The van der Waals surface area contributed by atoms with E-state index < -0.39 is 17.7 Å².